The quantitative estimate of drug-likeness (QED) is 0.726. The third kappa shape index (κ3) is 2.19. The fourth-order valence-corrected chi connectivity index (χ4v) is 1.49. The molecule has 13 heavy (non-hydrogen) atoms. The van der Waals surface area contributed by atoms with Crippen molar-refractivity contribution in [2.75, 3.05) is 0 Å². The van der Waals surface area contributed by atoms with Crippen molar-refractivity contribution < 1.29 is 0 Å². The van der Waals surface area contributed by atoms with Crippen LogP contribution in [0.2, 0.25) is 0 Å². The van der Waals surface area contributed by atoms with Gasteiger partial charge in [-0.1, -0.05) is 6.07 Å². The van der Waals surface area contributed by atoms with Gasteiger partial charge in [-0.2, -0.15) is 0 Å². The summed E-state index contributed by atoms with van der Waals surface area (Å²) in [6.45, 7) is 0. The molecular weight excluding hydrogens is 182 g/mol. The predicted molar refractivity (Wildman–Crippen MR) is 53.1 cm³/mol. The van der Waals surface area contributed by atoms with E-state index in [4.69, 9.17) is 0 Å². The number of hydrogen-bond donors (Lipinski definition) is 0. The van der Waals surface area contributed by atoms with Crippen molar-refractivity contribution in [2.24, 2.45) is 0 Å². The lowest BCUT2D eigenvalue weighted by atomic mass is 10.4. The Morgan fingerprint density at radius 2 is 2.00 bits per heavy atom. The molecule has 0 fully saturated rings. The molecule has 0 radical (unpaired) electrons. The maximum absolute atomic E-state index is 3.97. The van der Waals surface area contributed by atoms with Crippen LogP contribution in [0, 0.1) is 0 Å². The van der Waals surface area contributed by atoms with Crippen molar-refractivity contribution in [2.45, 2.75) is 0 Å². The molecule has 0 spiro atoms. The predicted octanol–water partition coefficient (Wildman–Crippen LogP) is 2.10. The molecule has 64 valence electrons. The number of rotatable bonds is 2. The summed E-state index contributed by atoms with van der Waals surface area (Å²) in [6, 6.07) is 4.06. The van der Waals surface area contributed by atoms with Crippen LogP contribution < -0.4 is 0 Å². The van der Waals surface area contributed by atoms with Crippen LogP contribution in [0.4, 0.5) is 0 Å². The van der Waals surface area contributed by atoms with Gasteiger partial charge in [-0.3, -0.25) is 0 Å². The molecule has 0 N–H and O–H groups in total. The van der Waals surface area contributed by atoms with E-state index in [0.717, 1.165) is 0 Å². The van der Waals surface area contributed by atoms with Gasteiger partial charge >= 0.3 is 0 Å². The van der Waals surface area contributed by atoms with Crippen LogP contribution in [0.3, 0.4) is 0 Å². The first-order valence-corrected chi connectivity index (χ1v) is 4.67. The Bertz CT molecular complexity index is 381. The Balaban J connectivity index is 2.15. The molecular formula is C9H7N3S. The van der Waals surface area contributed by atoms with Gasteiger partial charge in [0.15, 0.2) is 5.82 Å². The molecule has 0 atom stereocenters. The molecule has 0 aliphatic rings. The third-order valence-electron chi connectivity index (χ3n) is 1.45. The summed E-state index contributed by atoms with van der Waals surface area (Å²) in [5.74, 6) is 0.684. The van der Waals surface area contributed by atoms with Crippen molar-refractivity contribution in [3.05, 3.63) is 40.9 Å². The van der Waals surface area contributed by atoms with E-state index >= 15 is 0 Å². The van der Waals surface area contributed by atoms with E-state index in [9.17, 15) is 0 Å². The fourth-order valence-electron chi connectivity index (χ4n) is 0.877. The Hall–Kier alpha value is -1.55. The van der Waals surface area contributed by atoms with Gasteiger partial charge in [-0.25, -0.2) is 15.0 Å². The highest BCUT2D eigenvalue weighted by molar-refractivity contribution is 7.10. The van der Waals surface area contributed by atoms with Crippen LogP contribution in [0.25, 0.3) is 12.2 Å². The van der Waals surface area contributed by atoms with E-state index in [0.29, 0.717) is 5.82 Å². The lowest BCUT2D eigenvalue weighted by Crippen LogP contribution is -1.85. The third-order valence-corrected chi connectivity index (χ3v) is 2.29. The highest BCUT2D eigenvalue weighted by Crippen LogP contribution is 2.11. The molecule has 0 saturated carbocycles. The molecule has 0 bridgehead atoms. The Labute approximate surface area is 79.8 Å². The van der Waals surface area contributed by atoms with Gasteiger partial charge in [0.1, 0.15) is 12.7 Å². The Morgan fingerprint density at radius 1 is 1.15 bits per heavy atom. The summed E-state index contributed by atoms with van der Waals surface area (Å²) >= 11 is 1.68. The van der Waals surface area contributed by atoms with Crippen molar-refractivity contribution in [1.29, 1.82) is 0 Å². The zero-order valence-electron chi connectivity index (χ0n) is 6.79. The lowest BCUT2D eigenvalue weighted by Gasteiger charge is -1.87. The monoisotopic (exact) mass is 189 g/mol. The summed E-state index contributed by atoms with van der Waals surface area (Å²) < 4.78 is 0. The van der Waals surface area contributed by atoms with Gasteiger partial charge in [-0.15, -0.1) is 11.3 Å². The molecule has 2 aromatic rings. The second-order valence-corrected chi connectivity index (χ2v) is 3.32. The second-order valence-electron chi connectivity index (χ2n) is 2.35. The minimum Gasteiger partial charge on any atom is -0.225 e. The van der Waals surface area contributed by atoms with Gasteiger partial charge in [0.05, 0.1) is 0 Å². The first-order chi connectivity index (χ1) is 6.45. The topological polar surface area (TPSA) is 38.7 Å². The Kier molecular flexibility index (Phi) is 2.43. The van der Waals surface area contributed by atoms with Crippen molar-refractivity contribution in [3.63, 3.8) is 0 Å². The van der Waals surface area contributed by atoms with E-state index in [1.165, 1.54) is 17.5 Å². The van der Waals surface area contributed by atoms with Crippen LogP contribution in [0.5, 0.6) is 0 Å². The van der Waals surface area contributed by atoms with Crippen LogP contribution in [0.15, 0.2) is 30.2 Å². The number of aromatic nitrogens is 3. The molecule has 0 unspecified atom stereocenters. The van der Waals surface area contributed by atoms with Crippen LogP contribution in [-0.2, 0) is 0 Å². The zero-order chi connectivity index (χ0) is 8.93. The molecule has 0 aliphatic carbocycles. The number of nitrogens with zero attached hydrogens (tertiary/aromatic N) is 3. The van der Waals surface area contributed by atoms with Crippen molar-refractivity contribution in [3.8, 4) is 0 Å². The minimum atomic E-state index is 0.684. The van der Waals surface area contributed by atoms with E-state index < -0.39 is 0 Å². The summed E-state index contributed by atoms with van der Waals surface area (Å²) in [7, 11) is 0. The maximum atomic E-state index is 3.97. The summed E-state index contributed by atoms with van der Waals surface area (Å²) in [4.78, 5) is 12.9. The van der Waals surface area contributed by atoms with Crippen molar-refractivity contribution >= 4 is 23.5 Å². The van der Waals surface area contributed by atoms with E-state index in [-0.39, 0.29) is 0 Å². The van der Waals surface area contributed by atoms with Gasteiger partial charge in [0.25, 0.3) is 0 Å². The van der Waals surface area contributed by atoms with E-state index in [2.05, 4.69) is 15.0 Å². The summed E-state index contributed by atoms with van der Waals surface area (Å²) in [6.07, 6.45) is 6.83. The van der Waals surface area contributed by atoms with Crippen LogP contribution in [0.1, 0.15) is 10.7 Å². The zero-order valence-corrected chi connectivity index (χ0v) is 7.61. The lowest BCUT2D eigenvalue weighted by molar-refractivity contribution is 1.03. The standard InChI is InChI=1S/C9H7N3S/c1-2-8(13-5-1)3-4-9-11-6-10-7-12-9/h1-7H. The molecule has 0 aliphatic heterocycles. The van der Waals surface area contributed by atoms with Crippen molar-refractivity contribution in [1.82, 2.24) is 15.0 Å². The van der Waals surface area contributed by atoms with Crippen LogP contribution in [-0.4, -0.2) is 15.0 Å². The number of thiophene rings is 1. The molecule has 2 heterocycles. The average Bonchev–Trinajstić information content (AvgIpc) is 2.69. The highest BCUT2D eigenvalue weighted by atomic mass is 32.1. The molecule has 0 amide bonds. The summed E-state index contributed by atoms with van der Waals surface area (Å²) in [5.41, 5.74) is 0. The summed E-state index contributed by atoms with van der Waals surface area (Å²) in [5, 5.41) is 2.03. The largest absolute Gasteiger partial charge is 0.225 e. The minimum absolute atomic E-state index is 0.684. The molecule has 2 aromatic heterocycles. The molecule has 3 nitrogen and oxygen atoms in total. The van der Waals surface area contributed by atoms with Gasteiger partial charge < -0.3 is 0 Å². The molecule has 0 aromatic carbocycles. The highest BCUT2D eigenvalue weighted by Gasteiger charge is 1.88. The number of hydrogen-bond acceptors (Lipinski definition) is 4. The normalized spacial score (nSPS) is 10.8. The molecule has 4 heteroatoms. The van der Waals surface area contributed by atoms with Crippen LogP contribution >= 0.6 is 11.3 Å². The Morgan fingerprint density at radius 3 is 2.69 bits per heavy atom. The SMILES string of the molecule is C(=Cc1cccs1)c1ncncn1. The van der Waals surface area contributed by atoms with Gasteiger partial charge in [-0.05, 0) is 23.6 Å². The van der Waals surface area contributed by atoms with E-state index in [1.807, 2.05) is 29.7 Å². The first kappa shape index (κ1) is 8.07. The average molecular weight is 189 g/mol. The van der Waals surface area contributed by atoms with Gasteiger partial charge in [0, 0.05) is 4.88 Å². The van der Waals surface area contributed by atoms with E-state index in [1.54, 1.807) is 11.3 Å². The fraction of sp³-hybridized carbons (Fsp3) is 0. The second kappa shape index (κ2) is 3.91. The van der Waals surface area contributed by atoms with Gasteiger partial charge in [0.2, 0.25) is 0 Å². The first-order valence-electron chi connectivity index (χ1n) is 3.79. The smallest absolute Gasteiger partial charge is 0.155 e. The molecule has 0 saturated heterocycles. The maximum Gasteiger partial charge on any atom is 0.155 e. The molecule has 2 rings (SSSR count).